The third kappa shape index (κ3) is 4.93. The fourth-order valence-electron chi connectivity index (χ4n) is 2.16. The Labute approximate surface area is 127 Å². The Kier molecular flexibility index (Phi) is 6.72. The molecule has 9 heteroatoms. The van der Waals surface area contributed by atoms with Crippen molar-refractivity contribution in [2.75, 3.05) is 13.7 Å². The quantitative estimate of drug-likeness (QED) is 0.510. The van der Waals surface area contributed by atoms with E-state index in [-0.39, 0.29) is 6.61 Å². The smallest absolute Gasteiger partial charge is 0.303 e. The minimum atomic E-state index is -1.56. The number of esters is 3. The van der Waals surface area contributed by atoms with E-state index in [9.17, 15) is 19.5 Å². The van der Waals surface area contributed by atoms with E-state index in [1.54, 1.807) is 0 Å². The molecule has 1 rings (SSSR count). The first-order valence-corrected chi connectivity index (χ1v) is 6.60. The van der Waals surface area contributed by atoms with Crippen molar-refractivity contribution in [3.05, 3.63) is 0 Å². The second-order valence-corrected chi connectivity index (χ2v) is 4.72. The molecule has 1 fully saturated rings. The lowest BCUT2D eigenvalue weighted by atomic mass is 9.98. The number of hydrogen-bond acceptors (Lipinski definition) is 9. The lowest BCUT2D eigenvalue weighted by molar-refractivity contribution is -0.297. The van der Waals surface area contributed by atoms with E-state index in [0.717, 1.165) is 6.92 Å². The van der Waals surface area contributed by atoms with E-state index in [0.29, 0.717) is 0 Å². The van der Waals surface area contributed by atoms with Gasteiger partial charge in [-0.15, -0.1) is 0 Å². The van der Waals surface area contributed by atoms with Crippen LogP contribution in [0.1, 0.15) is 20.8 Å². The summed E-state index contributed by atoms with van der Waals surface area (Å²) in [4.78, 5) is 33.3. The van der Waals surface area contributed by atoms with Crippen LogP contribution in [0.5, 0.6) is 0 Å². The maximum Gasteiger partial charge on any atom is 0.303 e. The lowest BCUT2D eigenvalue weighted by Gasteiger charge is -2.42. The van der Waals surface area contributed by atoms with E-state index >= 15 is 0 Å². The first-order chi connectivity index (χ1) is 10.3. The first-order valence-electron chi connectivity index (χ1n) is 6.60. The minimum absolute atomic E-state index is 0.213. The maximum absolute atomic E-state index is 11.3. The van der Waals surface area contributed by atoms with Crippen LogP contribution in [0.3, 0.4) is 0 Å². The van der Waals surface area contributed by atoms with Crippen molar-refractivity contribution in [2.45, 2.75) is 51.5 Å². The molecule has 22 heavy (non-hydrogen) atoms. The average molecular weight is 320 g/mol. The largest absolute Gasteiger partial charge is 0.463 e. The summed E-state index contributed by atoms with van der Waals surface area (Å²) in [5.74, 6) is -1.87. The third-order valence-electron chi connectivity index (χ3n) is 2.94. The molecule has 1 N–H and O–H groups in total. The molecule has 0 radical (unpaired) electrons. The number of carbonyl (C=O) groups is 3. The molecule has 9 nitrogen and oxygen atoms in total. The van der Waals surface area contributed by atoms with Gasteiger partial charge >= 0.3 is 17.9 Å². The van der Waals surface area contributed by atoms with Gasteiger partial charge in [0, 0.05) is 27.9 Å². The van der Waals surface area contributed by atoms with Gasteiger partial charge in [0.1, 0.15) is 18.8 Å². The number of aliphatic hydroxyl groups is 1. The molecule has 0 spiro atoms. The van der Waals surface area contributed by atoms with Crippen molar-refractivity contribution in [3.8, 4) is 0 Å². The molecule has 0 saturated carbocycles. The molecule has 0 aromatic heterocycles. The fourth-order valence-corrected chi connectivity index (χ4v) is 2.16. The van der Waals surface area contributed by atoms with Crippen LogP contribution in [0.15, 0.2) is 0 Å². The van der Waals surface area contributed by atoms with Crippen LogP contribution < -0.4 is 0 Å². The van der Waals surface area contributed by atoms with Crippen molar-refractivity contribution in [3.63, 3.8) is 0 Å². The van der Waals surface area contributed by atoms with Crippen molar-refractivity contribution < 1.29 is 43.2 Å². The van der Waals surface area contributed by atoms with Crippen LogP contribution >= 0.6 is 0 Å². The van der Waals surface area contributed by atoms with Gasteiger partial charge in [0.05, 0.1) is 0 Å². The van der Waals surface area contributed by atoms with E-state index < -0.39 is 48.6 Å². The fraction of sp³-hybridized carbons (Fsp3) is 0.769. The molecule has 1 saturated heterocycles. The maximum atomic E-state index is 11.3. The van der Waals surface area contributed by atoms with Crippen LogP contribution in [0.4, 0.5) is 0 Å². The number of hydrogen-bond donors (Lipinski definition) is 1. The zero-order valence-corrected chi connectivity index (χ0v) is 12.8. The summed E-state index contributed by atoms with van der Waals surface area (Å²) in [6.45, 7) is 3.31. The molecule has 126 valence electrons. The number of ether oxygens (including phenoxy) is 5. The molecule has 1 heterocycles. The Morgan fingerprint density at radius 3 is 1.95 bits per heavy atom. The summed E-state index contributed by atoms with van der Waals surface area (Å²) < 4.78 is 25.3. The average Bonchev–Trinajstić information content (AvgIpc) is 2.39. The highest BCUT2D eigenvalue weighted by Crippen LogP contribution is 2.27. The van der Waals surface area contributed by atoms with Crippen LogP contribution in [-0.2, 0) is 38.1 Å². The summed E-state index contributed by atoms with van der Waals surface area (Å²) in [7, 11) is 1.33. The second-order valence-electron chi connectivity index (χ2n) is 4.72. The molecule has 0 aromatic rings. The summed E-state index contributed by atoms with van der Waals surface area (Å²) in [5.41, 5.74) is 0. The number of carbonyl (C=O) groups excluding carboxylic acids is 3. The van der Waals surface area contributed by atoms with E-state index in [1.165, 1.54) is 21.0 Å². The van der Waals surface area contributed by atoms with Crippen LogP contribution in [0.2, 0.25) is 0 Å². The zero-order valence-electron chi connectivity index (χ0n) is 12.8. The first kappa shape index (κ1) is 18.3. The van der Waals surface area contributed by atoms with Crippen LogP contribution in [-0.4, -0.2) is 67.4 Å². The minimum Gasteiger partial charge on any atom is -0.463 e. The Bertz CT molecular complexity index is 422. The molecule has 1 aliphatic rings. The molecule has 0 amide bonds. The van der Waals surface area contributed by atoms with Crippen LogP contribution in [0.25, 0.3) is 0 Å². The summed E-state index contributed by atoms with van der Waals surface area (Å²) in [5, 5.41) is 9.96. The molecule has 0 unspecified atom stereocenters. The van der Waals surface area contributed by atoms with Gasteiger partial charge < -0.3 is 28.8 Å². The van der Waals surface area contributed by atoms with Crippen molar-refractivity contribution >= 4 is 17.9 Å². The van der Waals surface area contributed by atoms with Gasteiger partial charge in [-0.25, -0.2) is 0 Å². The predicted octanol–water partition coefficient (Wildman–Crippen LogP) is -0.855. The molecular formula is C13H20O9. The standard InChI is InChI=1S/C13H20O9/c1-6(14)19-5-9-10(18-4)11(20-7(2)15)12(13(17)22-9)21-8(3)16/h9-13,17H,5H2,1-4H3/t9-,10-,11+,12-,13+/m1/s1. The van der Waals surface area contributed by atoms with E-state index in [4.69, 9.17) is 23.7 Å². The second kappa shape index (κ2) is 8.06. The van der Waals surface area contributed by atoms with Crippen LogP contribution in [0, 0.1) is 0 Å². The van der Waals surface area contributed by atoms with Gasteiger partial charge in [-0.2, -0.15) is 0 Å². The van der Waals surface area contributed by atoms with E-state index in [1.807, 2.05) is 0 Å². The molecule has 0 bridgehead atoms. The Morgan fingerprint density at radius 2 is 1.50 bits per heavy atom. The summed E-state index contributed by atoms with van der Waals surface area (Å²) in [6.07, 6.45) is -5.69. The lowest BCUT2D eigenvalue weighted by Crippen LogP contribution is -2.61. The molecule has 0 aliphatic carbocycles. The summed E-state index contributed by atoms with van der Waals surface area (Å²) in [6, 6.07) is 0. The van der Waals surface area contributed by atoms with Gasteiger partial charge in [0.25, 0.3) is 0 Å². The molecule has 5 atom stereocenters. The van der Waals surface area contributed by atoms with Crippen molar-refractivity contribution in [2.24, 2.45) is 0 Å². The Morgan fingerprint density at radius 1 is 0.955 bits per heavy atom. The van der Waals surface area contributed by atoms with Crippen molar-refractivity contribution in [1.82, 2.24) is 0 Å². The highest BCUT2D eigenvalue weighted by molar-refractivity contribution is 5.67. The Balaban J connectivity index is 2.96. The van der Waals surface area contributed by atoms with Crippen molar-refractivity contribution in [1.29, 1.82) is 0 Å². The van der Waals surface area contributed by atoms with Gasteiger partial charge in [-0.1, -0.05) is 0 Å². The number of methoxy groups -OCH3 is 1. The molecular weight excluding hydrogens is 300 g/mol. The van der Waals surface area contributed by atoms with E-state index in [2.05, 4.69) is 0 Å². The van der Waals surface area contributed by atoms with Gasteiger partial charge in [0.15, 0.2) is 18.5 Å². The SMILES string of the molecule is CO[C@H]1[C@H](OC(C)=O)[C@@H](OC(C)=O)[C@@H](O)O[C@@H]1COC(C)=O. The van der Waals surface area contributed by atoms with Gasteiger partial charge in [-0.05, 0) is 0 Å². The summed E-state index contributed by atoms with van der Waals surface area (Å²) >= 11 is 0. The molecule has 0 aromatic carbocycles. The number of aliphatic hydroxyl groups excluding tert-OH is 1. The molecule has 1 aliphatic heterocycles. The highest BCUT2D eigenvalue weighted by atomic mass is 16.7. The normalized spacial score (nSPS) is 31.2. The van der Waals surface area contributed by atoms with Gasteiger partial charge in [0.2, 0.25) is 0 Å². The third-order valence-corrected chi connectivity index (χ3v) is 2.94. The number of rotatable bonds is 5. The topological polar surface area (TPSA) is 118 Å². The zero-order chi connectivity index (χ0) is 16.9. The monoisotopic (exact) mass is 320 g/mol. The van der Waals surface area contributed by atoms with Gasteiger partial charge in [-0.3, -0.25) is 14.4 Å². The predicted molar refractivity (Wildman–Crippen MR) is 69.4 cm³/mol. The highest BCUT2D eigenvalue weighted by Gasteiger charge is 2.50. The Hall–Kier alpha value is -1.71.